The second-order valence-corrected chi connectivity index (χ2v) is 6.17. The fourth-order valence-electron chi connectivity index (χ4n) is 3.34. The molecule has 1 aromatic carbocycles. The van der Waals surface area contributed by atoms with Crippen molar-refractivity contribution in [3.8, 4) is 0 Å². The summed E-state index contributed by atoms with van der Waals surface area (Å²) < 4.78 is 0. The van der Waals surface area contributed by atoms with E-state index in [0.717, 1.165) is 19.4 Å². The molecule has 2 heterocycles. The number of rotatable bonds is 2. The average Bonchev–Trinajstić information content (AvgIpc) is 2.89. The maximum absolute atomic E-state index is 12.3. The highest BCUT2D eigenvalue weighted by Crippen LogP contribution is 2.27. The molecule has 20 heavy (non-hydrogen) atoms. The highest BCUT2D eigenvalue weighted by molar-refractivity contribution is 6.34. The van der Waals surface area contributed by atoms with Crippen LogP contribution in [0.3, 0.4) is 0 Å². The molecule has 2 aliphatic rings. The van der Waals surface area contributed by atoms with Gasteiger partial charge < -0.3 is 16.0 Å². The Balaban J connectivity index is 1.65. The summed E-state index contributed by atoms with van der Waals surface area (Å²) in [6.07, 6.45) is 4.60. The van der Waals surface area contributed by atoms with E-state index < -0.39 is 0 Å². The van der Waals surface area contributed by atoms with E-state index in [0.29, 0.717) is 22.3 Å². The fourth-order valence-corrected chi connectivity index (χ4v) is 3.54. The Hall–Kier alpha value is -1.26. The number of fused-ring (bicyclic) bond motifs is 1. The zero-order chi connectivity index (χ0) is 14.1. The molecule has 2 fully saturated rings. The number of piperidine rings is 1. The molecule has 0 radical (unpaired) electrons. The largest absolute Gasteiger partial charge is 0.399 e. The van der Waals surface area contributed by atoms with Gasteiger partial charge in [0.2, 0.25) is 0 Å². The Bertz CT molecular complexity index is 520. The molecule has 2 atom stereocenters. The maximum atomic E-state index is 12.3. The second-order valence-electron chi connectivity index (χ2n) is 5.77. The Morgan fingerprint density at radius 1 is 1.35 bits per heavy atom. The molecule has 0 aromatic heterocycles. The van der Waals surface area contributed by atoms with Crippen LogP contribution in [0.1, 0.15) is 36.0 Å². The number of carbonyl (C=O) groups is 1. The van der Waals surface area contributed by atoms with Crippen LogP contribution in [-0.4, -0.2) is 36.0 Å². The lowest BCUT2D eigenvalue weighted by molar-refractivity contribution is 0.0896. The van der Waals surface area contributed by atoms with Gasteiger partial charge in [0.25, 0.3) is 5.91 Å². The molecule has 0 spiro atoms. The van der Waals surface area contributed by atoms with Crippen molar-refractivity contribution in [1.29, 1.82) is 0 Å². The standard InChI is InChI=1S/C15H20ClN3O/c16-14-4-3-10(17)8-13(14)15(20)18-11-5-7-19-6-1-2-12(19)9-11/h3-4,8,11-12H,1-2,5-7,9,17H2,(H,18,20). The zero-order valence-corrected chi connectivity index (χ0v) is 12.2. The fraction of sp³-hybridized carbons (Fsp3) is 0.533. The number of nitrogens with two attached hydrogens (primary N) is 1. The monoisotopic (exact) mass is 293 g/mol. The van der Waals surface area contributed by atoms with Crippen LogP contribution in [0.5, 0.6) is 0 Å². The predicted octanol–water partition coefficient (Wildman–Crippen LogP) is 2.28. The van der Waals surface area contributed by atoms with E-state index in [1.165, 1.54) is 19.4 Å². The minimum Gasteiger partial charge on any atom is -0.399 e. The third-order valence-electron chi connectivity index (χ3n) is 4.39. The minimum atomic E-state index is -0.112. The zero-order valence-electron chi connectivity index (χ0n) is 11.4. The molecule has 1 amide bonds. The molecule has 0 aliphatic carbocycles. The van der Waals surface area contributed by atoms with E-state index in [1.807, 2.05) is 0 Å². The lowest BCUT2D eigenvalue weighted by Crippen LogP contribution is -2.47. The van der Waals surface area contributed by atoms with E-state index in [2.05, 4.69) is 10.2 Å². The van der Waals surface area contributed by atoms with Gasteiger partial charge in [-0.05, 0) is 50.4 Å². The summed E-state index contributed by atoms with van der Waals surface area (Å²) in [5.41, 5.74) is 6.76. The molecule has 0 saturated carbocycles. The highest BCUT2D eigenvalue weighted by Gasteiger charge is 2.32. The number of nitrogens with zero attached hydrogens (tertiary/aromatic N) is 1. The molecule has 2 saturated heterocycles. The van der Waals surface area contributed by atoms with Crippen molar-refractivity contribution in [2.75, 3.05) is 18.8 Å². The van der Waals surface area contributed by atoms with Crippen LogP contribution >= 0.6 is 11.6 Å². The summed E-state index contributed by atoms with van der Waals surface area (Å²) >= 11 is 6.07. The van der Waals surface area contributed by atoms with E-state index >= 15 is 0 Å². The first-order chi connectivity index (χ1) is 9.63. The molecule has 3 rings (SSSR count). The SMILES string of the molecule is Nc1ccc(Cl)c(C(=O)NC2CCN3CCCC3C2)c1. The quantitative estimate of drug-likeness (QED) is 0.823. The van der Waals surface area contributed by atoms with E-state index in [1.54, 1.807) is 18.2 Å². The molecule has 1 aromatic rings. The van der Waals surface area contributed by atoms with Crippen molar-refractivity contribution >= 4 is 23.2 Å². The molecule has 0 bridgehead atoms. The Morgan fingerprint density at radius 3 is 3.05 bits per heavy atom. The minimum absolute atomic E-state index is 0.112. The van der Waals surface area contributed by atoms with Gasteiger partial charge in [0.1, 0.15) is 0 Å². The summed E-state index contributed by atoms with van der Waals surface area (Å²) in [5.74, 6) is -0.112. The summed E-state index contributed by atoms with van der Waals surface area (Å²) in [5, 5.41) is 3.56. The number of amides is 1. The number of carbonyl (C=O) groups excluding carboxylic acids is 1. The molecule has 4 nitrogen and oxygen atoms in total. The number of anilines is 1. The number of halogens is 1. The van der Waals surface area contributed by atoms with Crippen LogP contribution in [0.15, 0.2) is 18.2 Å². The van der Waals surface area contributed by atoms with Crippen LogP contribution in [0, 0.1) is 0 Å². The molecule has 5 heteroatoms. The van der Waals surface area contributed by atoms with Gasteiger partial charge in [0, 0.05) is 24.3 Å². The van der Waals surface area contributed by atoms with Crippen molar-refractivity contribution in [3.63, 3.8) is 0 Å². The molecular formula is C15H20ClN3O. The Kier molecular flexibility index (Phi) is 3.85. The molecule has 2 unspecified atom stereocenters. The average molecular weight is 294 g/mol. The van der Waals surface area contributed by atoms with Crippen LogP contribution in [0.2, 0.25) is 5.02 Å². The van der Waals surface area contributed by atoms with Gasteiger partial charge in [-0.3, -0.25) is 4.79 Å². The number of hydrogen-bond acceptors (Lipinski definition) is 3. The van der Waals surface area contributed by atoms with Gasteiger partial charge in [0.15, 0.2) is 0 Å². The van der Waals surface area contributed by atoms with E-state index in [9.17, 15) is 4.79 Å². The highest BCUT2D eigenvalue weighted by atomic mass is 35.5. The third kappa shape index (κ3) is 2.76. The number of benzene rings is 1. The van der Waals surface area contributed by atoms with Gasteiger partial charge >= 0.3 is 0 Å². The number of nitrogen functional groups attached to an aromatic ring is 1. The number of nitrogens with one attached hydrogen (secondary N) is 1. The molecule has 108 valence electrons. The van der Waals surface area contributed by atoms with Gasteiger partial charge in [-0.1, -0.05) is 11.6 Å². The first kappa shape index (κ1) is 13.7. The van der Waals surface area contributed by atoms with Crippen LogP contribution < -0.4 is 11.1 Å². The molecule has 2 aliphatic heterocycles. The molecule has 3 N–H and O–H groups in total. The first-order valence-corrected chi connectivity index (χ1v) is 7.61. The van der Waals surface area contributed by atoms with Crippen molar-refractivity contribution in [2.24, 2.45) is 0 Å². The van der Waals surface area contributed by atoms with Crippen molar-refractivity contribution in [1.82, 2.24) is 10.2 Å². The molecular weight excluding hydrogens is 274 g/mol. The normalized spacial score (nSPS) is 26.2. The van der Waals surface area contributed by atoms with E-state index in [-0.39, 0.29) is 11.9 Å². The third-order valence-corrected chi connectivity index (χ3v) is 4.72. The topological polar surface area (TPSA) is 58.4 Å². The lowest BCUT2D eigenvalue weighted by atomic mass is 9.97. The lowest BCUT2D eigenvalue weighted by Gasteiger charge is -2.35. The van der Waals surface area contributed by atoms with Crippen molar-refractivity contribution < 1.29 is 4.79 Å². The van der Waals surface area contributed by atoms with Gasteiger partial charge in [0.05, 0.1) is 10.6 Å². The van der Waals surface area contributed by atoms with Crippen LogP contribution in [0.25, 0.3) is 0 Å². The van der Waals surface area contributed by atoms with Gasteiger partial charge in [-0.25, -0.2) is 0 Å². The van der Waals surface area contributed by atoms with E-state index in [4.69, 9.17) is 17.3 Å². The van der Waals surface area contributed by atoms with Crippen LogP contribution in [0.4, 0.5) is 5.69 Å². The maximum Gasteiger partial charge on any atom is 0.253 e. The first-order valence-electron chi connectivity index (χ1n) is 7.23. The number of hydrogen-bond donors (Lipinski definition) is 2. The second kappa shape index (κ2) is 5.62. The summed E-state index contributed by atoms with van der Waals surface area (Å²) in [4.78, 5) is 14.9. The van der Waals surface area contributed by atoms with Crippen molar-refractivity contribution in [3.05, 3.63) is 28.8 Å². The summed E-state index contributed by atoms with van der Waals surface area (Å²) in [6.45, 7) is 2.30. The Morgan fingerprint density at radius 2 is 2.20 bits per heavy atom. The predicted molar refractivity (Wildman–Crippen MR) is 80.9 cm³/mol. The summed E-state index contributed by atoms with van der Waals surface area (Å²) in [6, 6.07) is 5.91. The Labute approximate surface area is 124 Å². The summed E-state index contributed by atoms with van der Waals surface area (Å²) in [7, 11) is 0. The smallest absolute Gasteiger partial charge is 0.253 e. The van der Waals surface area contributed by atoms with Gasteiger partial charge in [-0.15, -0.1) is 0 Å². The van der Waals surface area contributed by atoms with Crippen molar-refractivity contribution in [2.45, 2.75) is 37.8 Å². The van der Waals surface area contributed by atoms with Gasteiger partial charge in [-0.2, -0.15) is 0 Å². The van der Waals surface area contributed by atoms with Crippen LogP contribution in [-0.2, 0) is 0 Å².